The number of amides is 1. The highest BCUT2D eigenvalue weighted by molar-refractivity contribution is 5.95. The van der Waals surface area contributed by atoms with Crippen LogP contribution in [0.15, 0.2) is 42.7 Å². The Bertz CT molecular complexity index is 1750. The fourth-order valence-corrected chi connectivity index (χ4v) is 6.31. The van der Waals surface area contributed by atoms with E-state index in [0.29, 0.717) is 60.6 Å². The van der Waals surface area contributed by atoms with Crippen molar-refractivity contribution in [1.29, 1.82) is 0 Å². The van der Waals surface area contributed by atoms with E-state index in [4.69, 9.17) is 28.7 Å². The first-order chi connectivity index (χ1) is 22.4. The van der Waals surface area contributed by atoms with Gasteiger partial charge >= 0.3 is 6.03 Å². The van der Waals surface area contributed by atoms with Crippen molar-refractivity contribution in [2.24, 2.45) is 0 Å². The number of rotatable bonds is 7. The number of fused-ring (bicyclic) bond motifs is 4. The summed E-state index contributed by atoms with van der Waals surface area (Å²) in [4.78, 5) is 27.5. The molecule has 4 heterocycles. The minimum Gasteiger partial charge on any atom is -0.497 e. The van der Waals surface area contributed by atoms with Gasteiger partial charge in [-0.05, 0) is 42.7 Å². The Balaban J connectivity index is 1.34. The Morgan fingerprint density at radius 1 is 1.04 bits per heavy atom. The number of nitrogens with zero attached hydrogens (tertiary/aromatic N) is 5. The summed E-state index contributed by atoms with van der Waals surface area (Å²) in [5.41, 5.74) is 5.49. The third-order valence-corrected chi connectivity index (χ3v) is 8.95. The van der Waals surface area contributed by atoms with Gasteiger partial charge < -0.3 is 44.1 Å². The number of ether oxygens (including phenoxy) is 5. The van der Waals surface area contributed by atoms with Gasteiger partial charge in [0, 0.05) is 44.4 Å². The Kier molecular flexibility index (Phi) is 8.18. The van der Waals surface area contributed by atoms with Crippen LogP contribution in [0.5, 0.6) is 17.2 Å². The van der Waals surface area contributed by atoms with E-state index in [2.05, 4.69) is 37.6 Å². The number of carbonyl (C=O) groups excluding carboxylic acids is 1. The maximum absolute atomic E-state index is 13.6. The third kappa shape index (κ3) is 5.60. The summed E-state index contributed by atoms with van der Waals surface area (Å²) in [6.07, 6.45) is 3.16. The molecule has 4 bridgehead atoms. The number of anilines is 4. The Morgan fingerprint density at radius 2 is 1.89 bits per heavy atom. The molecule has 1 saturated carbocycles. The van der Waals surface area contributed by atoms with E-state index in [-0.39, 0.29) is 18.2 Å². The lowest BCUT2D eigenvalue weighted by Gasteiger charge is -2.37. The van der Waals surface area contributed by atoms with Crippen LogP contribution in [-0.4, -0.2) is 87.4 Å². The average molecular weight is 630 g/mol. The van der Waals surface area contributed by atoms with E-state index in [0.717, 1.165) is 54.1 Å². The van der Waals surface area contributed by atoms with Crippen molar-refractivity contribution in [3.8, 4) is 17.2 Å². The molecule has 1 amide bonds. The van der Waals surface area contributed by atoms with Gasteiger partial charge in [0.2, 0.25) is 0 Å². The highest BCUT2D eigenvalue weighted by atomic mass is 16.5. The quantitative estimate of drug-likeness (QED) is 0.304. The highest BCUT2D eigenvalue weighted by Crippen LogP contribution is 2.41. The number of morpholine rings is 1. The average Bonchev–Trinajstić information content (AvgIpc) is 3.50. The van der Waals surface area contributed by atoms with Gasteiger partial charge in [-0.25, -0.2) is 19.3 Å². The molecule has 2 aromatic heterocycles. The fraction of sp³-hybridized carbons (Fsp3) is 0.424. The van der Waals surface area contributed by atoms with E-state index in [9.17, 15) is 4.79 Å². The first-order valence-corrected chi connectivity index (χ1v) is 15.5. The third-order valence-electron chi connectivity index (χ3n) is 8.95. The number of methoxy groups -OCH3 is 3. The number of aromatic nitrogens is 3. The van der Waals surface area contributed by atoms with Gasteiger partial charge in [0.15, 0.2) is 11.4 Å². The molecule has 0 radical (unpaired) electrons. The summed E-state index contributed by atoms with van der Waals surface area (Å²) in [6.45, 7) is 3.70. The van der Waals surface area contributed by atoms with E-state index in [1.165, 1.54) is 10.9 Å². The molecule has 46 heavy (non-hydrogen) atoms. The maximum Gasteiger partial charge on any atom is 0.328 e. The van der Waals surface area contributed by atoms with Crippen LogP contribution in [0.1, 0.15) is 24.0 Å². The van der Waals surface area contributed by atoms with Crippen molar-refractivity contribution in [1.82, 2.24) is 19.9 Å². The molecule has 4 aromatic rings. The Hall–Kier alpha value is -4.75. The van der Waals surface area contributed by atoms with E-state index >= 15 is 0 Å². The van der Waals surface area contributed by atoms with Gasteiger partial charge in [-0.3, -0.25) is 0 Å². The van der Waals surface area contributed by atoms with Gasteiger partial charge in [0.1, 0.15) is 29.2 Å². The molecule has 7 rings (SSSR count). The smallest absolute Gasteiger partial charge is 0.328 e. The Labute approximate surface area is 267 Å². The van der Waals surface area contributed by atoms with Crippen LogP contribution in [0, 0.1) is 0 Å². The monoisotopic (exact) mass is 629 g/mol. The molecule has 2 aromatic carbocycles. The van der Waals surface area contributed by atoms with E-state index < -0.39 is 0 Å². The summed E-state index contributed by atoms with van der Waals surface area (Å²) in [7, 11) is 6.93. The molecule has 3 aliphatic rings. The number of imidazole rings is 1. The number of hydrogen-bond donors (Lipinski definition) is 2. The molecule has 0 unspecified atom stereocenters. The molecule has 2 fully saturated rings. The molecule has 13 nitrogen and oxygen atoms in total. The first-order valence-electron chi connectivity index (χ1n) is 15.5. The van der Waals surface area contributed by atoms with Crippen LogP contribution in [0.2, 0.25) is 0 Å². The SMILES string of the molecule is COc1ccc(CN(C)c2cc3nc4c2ncn4C(=O)N[C@@H]2CC[C@H]2OCc2cc(c(OC)c(N4CCOCC4)c2)N3)c(OC)c1. The molecule has 13 heteroatoms. The zero-order valence-corrected chi connectivity index (χ0v) is 26.5. The first kappa shape index (κ1) is 29.9. The number of carbonyl (C=O) groups is 1. The second-order valence-corrected chi connectivity index (χ2v) is 11.8. The number of nitrogens with one attached hydrogen (secondary N) is 2. The molecule has 1 aliphatic carbocycles. The molecule has 242 valence electrons. The minimum atomic E-state index is -0.293. The zero-order valence-electron chi connectivity index (χ0n) is 26.5. The standard InChI is InChI=1S/C33H39N7O6/c1-38(17-21-5-6-22(42-2)15-28(21)43-3)25-16-29-35-24-13-20(14-26(31(24)44-4)39-9-11-45-12-10-39)18-46-27-8-7-23(27)36-33(41)40-19-34-30(25)32(40)37-29/h5-6,13-16,19,23,27H,7-12,17-18H2,1-4H3,(H,35,37)(H,36,41)/t23-,27-/m1/s1. The second kappa shape index (κ2) is 12.6. The lowest BCUT2D eigenvalue weighted by molar-refractivity contribution is -0.0323. The van der Waals surface area contributed by atoms with E-state index in [1.54, 1.807) is 21.3 Å². The normalized spacial score (nSPS) is 19.4. The minimum absolute atomic E-state index is 0.0864. The van der Waals surface area contributed by atoms with Crippen molar-refractivity contribution in [3.63, 3.8) is 0 Å². The number of hydrogen-bond acceptors (Lipinski definition) is 11. The molecule has 2 N–H and O–H groups in total. The molecule has 2 aliphatic heterocycles. The van der Waals surface area contributed by atoms with Gasteiger partial charge in [-0.15, -0.1) is 0 Å². The largest absolute Gasteiger partial charge is 0.497 e. The van der Waals surface area contributed by atoms with Crippen molar-refractivity contribution < 1.29 is 28.5 Å². The topological polar surface area (TPSA) is 124 Å². The summed E-state index contributed by atoms with van der Waals surface area (Å²) >= 11 is 0. The van der Waals surface area contributed by atoms with Crippen molar-refractivity contribution >= 4 is 40.1 Å². The van der Waals surface area contributed by atoms with E-state index in [1.807, 2.05) is 31.3 Å². The van der Waals surface area contributed by atoms with Crippen LogP contribution in [0.4, 0.5) is 27.7 Å². The summed E-state index contributed by atoms with van der Waals surface area (Å²) in [6, 6.07) is 11.5. The summed E-state index contributed by atoms with van der Waals surface area (Å²) < 4.78 is 30.5. The maximum atomic E-state index is 13.6. The number of benzene rings is 2. The summed E-state index contributed by atoms with van der Waals surface area (Å²) in [5, 5.41) is 6.67. The molecule has 0 spiro atoms. The fourth-order valence-electron chi connectivity index (χ4n) is 6.31. The van der Waals surface area contributed by atoms with Gasteiger partial charge in [0.25, 0.3) is 0 Å². The van der Waals surface area contributed by atoms with Gasteiger partial charge in [0.05, 0.1) is 70.4 Å². The molecular weight excluding hydrogens is 590 g/mol. The van der Waals surface area contributed by atoms with Crippen LogP contribution in [0.25, 0.3) is 11.2 Å². The Morgan fingerprint density at radius 3 is 2.63 bits per heavy atom. The second-order valence-electron chi connectivity index (χ2n) is 11.8. The predicted octanol–water partition coefficient (Wildman–Crippen LogP) is 4.29. The lowest BCUT2D eigenvalue weighted by atomic mass is 9.89. The van der Waals surface area contributed by atoms with Crippen LogP contribution < -0.4 is 34.6 Å². The zero-order chi connectivity index (χ0) is 31.8. The molecular formula is C33H39N7O6. The van der Waals surface area contributed by atoms with Crippen molar-refractivity contribution in [2.75, 3.05) is 69.8 Å². The molecule has 2 atom stereocenters. The van der Waals surface area contributed by atoms with Crippen LogP contribution in [-0.2, 0) is 22.6 Å². The van der Waals surface area contributed by atoms with Gasteiger partial charge in [-0.2, -0.15) is 0 Å². The number of pyridine rings is 1. The predicted molar refractivity (Wildman–Crippen MR) is 174 cm³/mol. The summed E-state index contributed by atoms with van der Waals surface area (Å²) in [5.74, 6) is 2.66. The molecule has 1 saturated heterocycles. The van der Waals surface area contributed by atoms with Crippen LogP contribution >= 0.6 is 0 Å². The van der Waals surface area contributed by atoms with Crippen LogP contribution in [0.3, 0.4) is 0 Å². The van der Waals surface area contributed by atoms with Crippen molar-refractivity contribution in [3.05, 3.63) is 53.9 Å². The highest BCUT2D eigenvalue weighted by Gasteiger charge is 2.34. The van der Waals surface area contributed by atoms with Gasteiger partial charge in [-0.1, -0.05) is 0 Å². The lowest BCUT2D eigenvalue weighted by Crippen LogP contribution is -2.52. The van der Waals surface area contributed by atoms with Crippen molar-refractivity contribution in [2.45, 2.75) is 38.1 Å².